The van der Waals surface area contributed by atoms with E-state index in [2.05, 4.69) is 4.98 Å². The fraction of sp³-hybridized carbons (Fsp3) is 0.273. The molecule has 3 nitrogen and oxygen atoms in total. The molecule has 0 spiro atoms. The summed E-state index contributed by atoms with van der Waals surface area (Å²) >= 11 is 3.11. The molecule has 0 fully saturated rings. The first kappa shape index (κ1) is 11.4. The van der Waals surface area contributed by atoms with E-state index in [-0.39, 0.29) is 11.7 Å². The Hall–Kier alpha value is -1.07. The molecule has 1 unspecified atom stereocenters. The van der Waals surface area contributed by atoms with Gasteiger partial charge in [0, 0.05) is 0 Å². The Labute approximate surface area is 102 Å². The Balaban J connectivity index is 2.34. The van der Waals surface area contributed by atoms with Crippen LogP contribution in [0.3, 0.4) is 0 Å². The van der Waals surface area contributed by atoms with Crippen molar-refractivity contribution in [3.63, 3.8) is 0 Å². The van der Waals surface area contributed by atoms with Crippen molar-refractivity contribution in [3.8, 4) is 0 Å². The van der Waals surface area contributed by atoms with Gasteiger partial charge in [-0.05, 0) is 18.4 Å². The summed E-state index contributed by atoms with van der Waals surface area (Å²) in [5.41, 5.74) is 0.951. The van der Waals surface area contributed by atoms with E-state index >= 15 is 0 Å². The molecule has 0 amide bonds. The fourth-order valence-electron chi connectivity index (χ4n) is 1.46. The summed E-state index contributed by atoms with van der Waals surface area (Å²) in [6.45, 7) is 0. The molecule has 0 aliphatic heterocycles. The van der Waals surface area contributed by atoms with Gasteiger partial charge in [-0.1, -0.05) is 12.1 Å². The minimum absolute atomic E-state index is 0.0464. The van der Waals surface area contributed by atoms with Crippen LogP contribution in [-0.2, 0) is 4.79 Å². The average molecular weight is 253 g/mol. The molecule has 0 radical (unpaired) electrons. The normalized spacial score (nSPS) is 12.8. The molecule has 2 rings (SSSR count). The number of fused-ring (bicyclic) bond motifs is 1. The topological polar surface area (TPSA) is 50.2 Å². The fourth-order valence-corrected chi connectivity index (χ4v) is 3.40. The number of rotatable bonds is 4. The van der Waals surface area contributed by atoms with Crippen molar-refractivity contribution in [1.29, 1.82) is 0 Å². The van der Waals surface area contributed by atoms with Crippen LogP contribution in [0, 0.1) is 0 Å². The molecule has 5 heteroatoms. The number of nitrogens with zero attached hydrogens (tertiary/aromatic N) is 1. The van der Waals surface area contributed by atoms with Crippen LogP contribution >= 0.6 is 23.1 Å². The first-order valence-electron chi connectivity index (χ1n) is 4.80. The second-order valence-corrected chi connectivity index (χ2v) is 5.44. The molecule has 84 valence electrons. The smallest absolute Gasteiger partial charge is 0.304 e. The number of aliphatic carboxylic acids is 1. The monoisotopic (exact) mass is 253 g/mol. The van der Waals surface area contributed by atoms with Crippen LogP contribution in [0.4, 0.5) is 0 Å². The minimum Gasteiger partial charge on any atom is -0.481 e. The lowest BCUT2D eigenvalue weighted by atomic mass is 10.3. The Kier molecular flexibility index (Phi) is 3.46. The molecule has 1 atom stereocenters. The van der Waals surface area contributed by atoms with Crippen molar-refractivity contribution in [1.82, 2.24) is 4.98 Å². The highest BCUT2D eigenvalue weighted by atomic mass is 32.2. The molecule has 0 saturated carbocycles. The van der Waals surface area contributed by atoms with Crippen LogP contribution in [0.25, 0.3) is 10.2 Å². The summed E-state index contributed by atoms with van der Waals surface area (Å²) in [6, 6.07) is 7.87. The number of para-hydroxylation sites is 1. The van der Waals surface area contributed by atoms with E-state index in [1.165, 1.54) is 11.8 Å². The summed E-state index contributed by atoms with van der Waals surface area (Å²) in [6.07, 6.45) is 2.04. The van der Waals surface area contributed by atoms with E-state index in [1.807, 2.05) is 30.5 Å². The van der Waals surface area contributed by atoms with Gasteiger partial charge in [0.25, 0.3) is 0 Å². The molecule has 0 bridgehead atoms. The van der Waals surface area contributed by atoms with Gasteiger partial charge in [-0.15, -0.1) is 11.3 Å². The summed E-state index contributed by atoms with van der Waals surface area (Å²) in [4.78, 5) is 15.2. The van der Waals surface area contributed by atoms with E-state index in [4.69, 9.17) is 5.11 Å². The van der Waals surface area contributed by atoms with Gasteiger partial charge in [-0.3, -0.25) is 4.79 Å². The molecule has 1 heterocycles. The van der Waals surface area contributed by atoms with Gasteiger partial charge < -0.3 is 5.11 Å². The molecule has 1 N–H and O–H groups in total. The zero-order valence-electron chi connectivity index (χ0n) is 8.71. The first-order valence-corrected chi connectivity index (χ1v) is 6.91. The highest BCUT2D eigenvalue weighted by Gasteiger charge is 2.18. The molecule has 16 heavy (non-hydrogen) atoms. The number of thiazole rings is 1. The van der Waals surface area contributed by atoms with Crippen LogP contribution in [0.15, 0.2) is 24.3 Å². The maximum atomic E-state index is 10.7. The van der Waals surface area contributed by atoms with Crippen LogP contribution < -0.4 is 0 Å². The number of hydrogen-bond acceptors (Lipinski definition) is 4. The van der Waals surface area contributed by atoms with Crippen LogP contribution in [0.1, 0.15) is 16.7 Å². The Morgan fingerprint density at radius 2 is 2.31 bits per heavy atom. The number of carboxylic acid groups (broad SMARTS) is 1. The second kappa shape index (κ2) is 4.84. The van der Waals surface area contributed by atoms with Gasteiger partial charge >= 0.3 is 5.97 Å². The Morgan fingerprint density at radius 3 is 2.94 bits per heavy atom. The van der Waals surface area contributed by atoms with Crippen LogP contribution in [0.5, 0.6) is 0 Å². The van der Waals surface area contributed by atoms with Gasteiger partial charge in [-0.2, -0.15) is 11.8 Å². The maximum absolute atomic E-state index is 10.7. The number of carbonyl (C=O) groups is 1. The zero-order chi connectivity index (χ0) is 11.5. The van der Waals surface area contributed by atoms with E-state index in [1.54, 1.807) is 11.3 Å². The number of carboxylic acids is 1. The Bertz CT molecular complexity index is 476. The van der Waals surface area contributed by atoms with Crippen molar-refractivity contribution < 1.29 is 9.90 Å². The summed E-state index contributed by atoms with van der Waals surface area (Å²) < 4.78 is 1.11. The van der Waals surface area contributed by atoms with E-state index in [9.17, 15) is 4.79 Å². The standard InChI is InChI=1S/C11H11NO2S2/c1-15-9(6-10(13)14)11-12-7-4-2-3-5-8(7)16-11/h2-5,9H,6H2,1H3,(H,13,14). The second-order valence-electron chi connectivity index (χ2n) is 3.34. The molecule has 1 aromatic carbocycles. The third kappa shape index (κ3) is 2.36. The summed E-state index contributed by atoms with van der Waals surface area (Å²) in [5.74, 6) is -0.779. The Morgan fingerprint density at radius 1 is 1.56 bits per heavy atom. The molecule has 0 saturated heterocycles. The largest absolute Gasteiger partial charge is 0.481 e. The lowest BCUT2D eigenvalue weighted by molar-refractivity contribution is -0.137. The number of benzene rings is 1. The maximum Gasteiger partial charge on any atom is 0.304 e. The van der Waals surface area contributed by atoms with Crippen molar-refractivity contribution in [3.05, 3.63) is 29.3 Å². The molecule has 2 aromatic rings. The van der Waals surface area contributed by atoms with Gasteiger partial charge in [0.1, 0.15) is 5.01 Å². The van der Waals surface area contributed by atoms with Gasteiger partial charge in [-0.25, -0.2) is 4.98 Å². The van der Waals surface area contributed by atoms with Crippen molar-refractivity contribution in [2.24, 2.45) is 0 Å². The summed E-state index contributed by atoms with van der Waals surface area (Å²) in [7, 11) is 0. The third-order valence-electron chi connectivity index (χ3n) is 2.23. The van der Waals surface area contributed by atoms with Crippen LogP contribution in [-0.4, -0.2) is 22.3 Å². The lowest BCUT2D eigenvalue weighted by Crippen LogP contribution is -2.02. The number of aromatic nitrogens is 1. The van der Waals surface area contributed by atoms with Crippen molar-refractivity contribution in [2.75, 3.05) is 6.26 Å². The first-order chi connectivity index (χ1) is 7.70. The van der Waals surface area contributed by atoms with E-state index < -0.39 is 5.97 Å². The quantitative estimate of drug-likeness (QED) is 0.909. The van der Waals surface area contributed by atoms with Gasteiger partial charge in [0.05, 0.1) is 21.9 Å². The third-order valence-corrected chi connectivity index (χ3v) is 4.49. The molecule has 0 aliphatic carbocycles. The highest BCUT2D eigenvalue weighted by Crippen LogP contribution is 2.35. The summed E-state index contributed by atoms with van der Waals surface area (Å²) in [5, 5.41) is 9.67. The minimum atomic E-state index is -0.779. The highest BCUT2D eigenvalue weighted by molar-refractivity contribution is 7.99. The van der Waals surface area contributed by atoms with Gasteiger partial charge in [0.2, 0.25) is 0 Å². The molecular formula is C11H11NO2S2. The number of hydrogen-bond donors (Lipinski definition) is 1. The molecule has 0 aliphatic rings. The van der Waals surface area contributed by atoms with Crippen molar-refractivity contribution >= 4 is 39.3 Å². The number of thioether (sulfide) groups is 1. The lowest BCUT2D eigenvalue weighted by Gasteiger charge is -2.06. The SMILES string of the molecule is CSC(CC(=O)O)c1nc2ccccc2s1. The zero-order valence-corrected chi connectivity index (χ0v) is 10.3. The van der Waals surface area contributed by atoms with E-state index in [0.29, 0.717) is 0 Å². The van der Waals surface area contributed by atoms with Crippen molar-refractivity contribution in [2.45, 2.75) is 11.7 Å². The predicted octanol–water partition coefficient (Wildman–Crippen LogP) is 3.18. The van der Waals surface area contributed by atoms with E-state index in [0.717, 1.165) is 15.2 Å². The predicted molar refractivity (Wildman–Crippen MR) is 68.1 cm³/mol. The van der Waals surface area contributed by atoms with Crippen LogP contribution in [0.2, 0.25) is 0 Å². The average Bonchev–Trinajstić information content (AvgIpc) is 2.68. The molecular weight excluding hydrogens is 242 g/mol. The van der Waals surface area contributed by atoms with Gasteiger partial charge in [0.15, 0.2) is 0 Å². The molecule has 1 aromatic heterocycles.